The topological polar surface area (TPSA) is 77.0 Å². The van der Waals surface area contributed by atoms with Gasteiger partial charge >= 0.3 is 0 Å². The fraction of sp³-hybridized carbons (Fsp3) is 0.389. The Morgan fingerprint density at radius 2 is 1.96 bits per heavy atom. The van der Waals surface area contributed by atoms with Gasteiger partial charge in [-0.2, -0.15) is 0 Å². The number of hydrogen-bond donors (Lipinski definition) is 2. The SMILES string of the molecule is CN=C(NCCNS(=O)(=O)c1cccs1)N1CCN(c2cccc(Cl)c2)CC1. The maximum Gasteiger partial charge on any atom is 0.250 e. The van der Waals surface area contributed by atoms with Gasteiger partial charge in [-0.3, -0.25) is 4.99 Å². The highest BCUT2D eigenvalue weighted by molar-refractivity contribution is 7.91. The highest BCUT2D eigenvalue weighted by atomic mass is 35.5. The molecule has 0 radical (unpaired) electrons. The van der Waals surface area contributed by atoms with Gasteiger partial charge in [0.15, 0.2) is 5.96 Å². The van der Waals surface area contributed by atoms with E-state index in [0.717, 1.165) is 42.8 Å². The Balaban J connectivity index is 1.45. The number of piperazine rings is 1. The first-order valence-electron chi connectivity index (χ1n) is 8.99. The number of nitrogens with zero attached hydrogens (tertiary/aromatic N) is 3. The Morgan fingerprint density at radius 1 is 1.18 bits per heavy atom. The average molecular weight is 442 g/mol. The molecule has 0 saturated carbocycles. The average Bonchev–Trinajstić information content (AvgIpc) is 3.24. The summed E-state index contributed by atoms with van der Waals surface area (Å²) in [7, 11) is -1.69. The van der Waals surface area contributed by atoms with Gasteiger partial charge in [-0.25, -0.2) is 13.1 Å². The summed E-state index contributed by atoms with van der Waals surface area (Å²) in [5, 5.41) is 5.72. The van der Waals surface area contributed by atoms with Gasteiger partial charge in [0, 0.05) is 57.0 Å². The second kappa shape index (κ2) is 9.60. The first-order chi connectivity index (χ1) is 13.5. The summed E-state index contributed by atoms with van der Waals surface area (Å²) in [6.07, 6.45) is 0. The lowest BCUT2D eigenvalue weighted by Crippen LogP contribution is -2.53. The van der Waals surface area contributed by atoms with Crippen molar-refractivity contribution in [3.8, 4) is 0 Å². The number of rotatable bonds is 6. The molecule has 3 rings (SSSR count). The number of sulfonamides is 1. The van der Waals surface area contributed by atoms with Crippen LogP contribution in [-0.2, 0) is 10.0 Å². The van der Waals surface area contributed by atoms with Crippen molar-refractivity contribution in [2.45, 2.75) is 4.21 Å². The fourth-order valence-electron chi connectivity index (χ4n) is 3.03. The number of hydrogen-bond acceptors (Lipinski definition) is 5. The zero-order valence-corrected chi connectivity index (χ0v) is 18.0. The minimum atomic E-state index is -3.43. The third-order valence-electron chi connectivity index (χ3n) is 4.42. The van der Waals surface area contributed by atoms with Crippen LogP contribution in [0.2, 0.25) is 5.02 Å². The first kappa shape index (κ1) is 20.9. The van der Waals surface area contributed by atoms with E-state index in [9.17, 15) is 8.42 Å². The van der Waals surface area contributed by atoms with Gasteiger partial charge in [0.1, 0.15) is 4.21 Å². The molecular formula is C18H24ClN5O2S2. The molecule has 1 aliphatic rings. The van der Waals surface area contributed by atoms with Crippen LogP contribution in [0.4, 0.5) is 5.69 Å². The number of halogens is 1. The van der Waals surface area contributed by atoms with Gasteiger partial charge in [0.05, 0.1) is 0 Å². The largest absolute Gasteiger partial charge is 0.368 e. The third-order valence-corrected chi connectivity index (χ3v) is 7.52. The zero-order valence-electron chi connectivity index (χ0n) is 15.6. The maximum absolute atomic E-state index is 12.1. The molecule has 152 valence electrons. The third kappa shape index (κ3) is 5.38. The van der Waals surface area contributed by atoms with Crippen molar-refractivity contribution < 1.29 is 8.42 Å². The molecule has 10 heteroatoms. The van der Waals surface area contributed by atoms with E-state index in [-0.39, 0.29) is 0 Å². The van der Waals surface area contributed by atoms with Gasteiger partial charge in [0.2, 0.25) is 10.0 Å². The van der Waals surface area contributed by atoms with Crippen LogP contribution in [0.3, 0.4) is 0 Å². The fourth-order valence-corrected chi connectivity index (χ4v) is 5.28. The van der Waals surface area contributed by atoms with Crippen LogP contribution >= 0.6 is 22.9 Å². The second-order valence-electron chi connectivity index (χ2n) is 6.26. The number of thiophene rings is 1. The lowest BCUT2D eigenvalue weighted by atomic mass is 10.2. The molecule has 0 unspecified atom stereocenters. The molecule has 0 atom stereocenters. The molecule has 2 heterocycles. The van der Waals surface area contributed by atoms with Crippen molar-refractivity contribution in [2.24, 2.45) is 4.99 Å². The van der Waals surface area contributed by atoms with E-state index >= 15 is 0 Å². The van der Waals surface area contributed by atoms with Crippen molar-refractivity contribution >= 4 is 44.6 Å². The predicted molar refractivity (Wildman–Crippen MR) is 116 cm³/mol. The molecule has 2 aromatic rings. The summed E-state index contributed by atoms with van der Waals surface area (Å²) < 4.78 is 27.2. The zero-order chi connectivity index (χ0) is 20.0. The molecule has 1 fully saturated rings. The van der Waals surface area contributed by atoms with E-state index in [1.165, 1.54) is 11.3 Å². The van der Waals surface area contributed by atoms with Crippen LogP contribution in [0.1, 0.15) is 0 Å². The second-order valence-corrected chi connectivity index (χ2v) is 9.64. The Bertz CT molecular complexity index is 894. The molecular weight excluding hydrogens is 418 g/mol. The van der Waals surface area contributed by atoms with Gasteiger partial charge < -0.3 is 15.1 Å². The highest BCUT2D eigenvalue weighted by Crippen LogP contribution is 2.20. The van der Waals surface area contributed by atoms with Crippen LogP contribution in [0.5, 0.6) is 0 Å². The van der Waals surface area contributed by atoms with E-state index in [2.05, 4.69) is 30.9 Å². The van der Waals surface area contributed by atoms with E-state index in [1.807, 2.05) is 18.2 Å². The summed E-state index contributed by atoms with van der Waals surface area (Å²) in [5.74, 6) is 0.779. The molecule has 1 aliphatic heterocycles. The van der Waals surface area contributed by atoms with Crippen molar-refractivity contribution in [1.82, 2.24) is 14.9 Å². The number of benzene rings is 1. The minimum absolute atomic E-state index is 0.293. The maximum atomic E-state index is 12.1. The standard InChI is InChI=1S/C18H24ClN5O2S2/c1-20-18(21-7-8-22-28(25,26)17-6-3-13-27-17)24-11-9-23(10-12-24)16-5-2-4-15(19)14-16/h2-6,13-14,22H,7-12H2,1H3,(H,20,21). The van der Waals surface area contributed by atoms with Crippen molar-refractivity contribution in [3.05, 3.63) is 46.8 Å². The number of nitrogens with one attached hydrogen (secondary N) is 2. The highest BCUT2D eigenvalue weighted by Gasteiger charge is 2.20. The normalized spacial score (nSPS) is 15.7. The smallest absolute Gasteiger partial charge is 0.250 e. The van der Waals surface area contributed by atoms with Crippen molar-refractivity contribution in [3.63, 3.8) is 0 Å². The molecule has 0 bridgehead atoms. The van der Waals surface area contributed by atoms with Crippen LogP contribution < -0.4 is 14.9 Å². The molecule has 1 aromatic carbocycles. The summed E-state index contributed by atoms with van der Waals surface area (Å²) in [6, 6.07) is 11.2. The van der Waals surface area contributed by atoms with Gasteiger partial charge in [-0.1, -0.05) is 23.7 Å². The van der Waals surface area contributed by atoms with E-state index in [0.29, 0.717) is 17.3 Å². The Morgan fingerprint density at radius 3 is 2.61 bits per heavy atom. The van der Waals surface area contributed by atoms with Crippen LogP contribution in [0.25, 0.3) is 0 Å². The van der Waals surface area contributed by atoms with Crippen LogP contribution in [-0.4, -0.2) is 65.6 Å². The Hall–Kier alpha value is -1.81. The Labute approximate surface area is 175 Å². The van der Waals surface area contributed by atoms with Gasteiger partial charge in [-0.15, -0.1) is 11.3 Å². The van der Waals surface area contributed by atoms with Crippen molar-refractivity contribution in [2.75, 3.05) is 51.2 Å². The first-order valence-corrected chi connectivity index (χ1v) is 11.7. The molecule has 7 nitrogen and oxygen atoms in total. The van der Waals surface area contributed by atoms with Crippen LogP contribution in [0, 0.1) is 0 Å². The lowest BCUT2D eigenvalue weighted by molar-refractivity contribution is 0.373. The number of guanidine groups is 1. The number of anilines is 1. The van der Waals surface area contributed by atoms with Gasteiger partial charge in [-0.05, 0) is 29.6 Å². The molecule has 0 aliphatic carbocycles. The lowest BCUT2D eigenvalue weighted by Gasteiger charge is -2.37. The van der Waals surface area contributed by atoms with E-state index in [1.54, 1.807) is 24.6 Å². The molecule has 1 aromatic heterocycles. The summed E-state index contributed by atoms with van der Waals surface area (Å²) in [4.78, 5) is 8.80. The summed E-state index contributed by atoms with van der Waals surface area (Å²) in [6.45, 7) is 4.14. The van der Waals surface area contributed by atoms with Crippen molar-refractivity contribution in [1.29, 1.82) is 0 Å². The van der Waals surface area contributed by atoms with Crippen LogP contribution in [0.15, 0.2) is 51.0 Å². The molecule has 0 amide bonds. The quantitative estimate of drug-likeness (QED) is 0.407. The monoisotopic (exact) mass is 441 g/mol. The minimum Gasteiger partial charge on any atom is -0.368 e. The van der Waals surface area contributed by atoms with E-state index in [4.69, 9.17) is 11.6 Å². The number of aliphatic imine (C=N–C) groups is 1. The Kier molecular flexibility index (Phi) is 7.17. The van der Waals surface area contributed by atoms with E-state index < -0.39 is 10.0 Å². The summed E-state index contributed by atoms with van der Waals surface area (Å²) >= 11 is 7.29. The molecule has 28 heavy (non-hydrogen) atoms. The molecule has 0 spiro atoms. The van der Waals surface area contributed by atoms with Gasteiger partial charge in [0.25, 0.3) is 0 Å². The predicted octanol–water partition coefficient (Wildman–Crippen LogP) is 2.08. The molecule has 2 N–H and O–H groups in total. The summed E-state index contributed by atoms with van der Waals surface area (Å²) in [5.41, 5.74) is 1.12. The molecule has 1 saturated heterocycles.